The Hall–Kier alpha value is -2.86. The first-order valence-corrected chi connectivity index (χ1v) is 10.1. The summed E-state index contributed by atoms with van der Waals surface area (Å²) in [5.74, 6) is -0.505. The van der Waals surface area contributed by atoms with E-state index in [1.165, 1.54) is 4.90 Å². The maximum absolute atomic E-state index is 13.0. The third-order valence-electron chi connectivity index (χ3n) is 4.96. The standard InChI is InChI=1S/C24H29NO5/c1-17-20(21(26)28-15-18-11-7-5-8-12-18)25(22(30-17)24(2,3)4)23(27)29-16-19-13-9-6-10-14-19/h5-14,17,20,22H,15-16H2,1-4H3/t17-,20+,22-/m1/s1. The van der Waals surface area contributed by atoms with Crippen LogP contribution in [0.1, 0.15) is 38.8 Å². The molecule has 0 spiro atoms. The number of nitrogens with zero attached hydrogens (tertiary/aromatic N) is 1. The molecule has 0 N–H and O–H groups in total. The summed E-state index contributed by atoms with van der Waals surface area (Å²) >= 11 is 0. The van der Waals surface area contributed by atoms with Crippen LogP contribution in [0.4, 0.5) is 4.79 Å². The molecule has 30 heavy (non-hydrogen) atoms. The highest BCUT2D eigenvalue weighted by Crippen LogP contribution is 2.36. The lowest BCUT2D eigenvalue weighted by Crippen LogP contribution is -2.51. The number of ether oxygens (including phenoxy) is 3. The summed E-state index contributed by atoms with van der Waals surface area (Å²) in [6, 6.07) is 18.0. The first-order chi connectivity index (χ1) is 14.3. The largest absolute Gasteiger partial charge is 0.459 e. The van der Waals surface area contributed by atoms with E-state index in [4.69, 9.17) is 14.2 Å². The summed E-state index contributed by atoms with van der Waals surface area (Å²) < 4.78 is 17.1. The molecule has 2 aromatic rings. The van der Waals surface area contributed by atoms with E-state index < -0.39 is 35.9 Å². The summed E-state index contributed by atoms with van der Waals surface area (Å²) in [5.41, 5.74) is 1.34. The van der Waals surface area contributed by atoms with E-state index in [9.17, 15) is 9.59 Å². The molecule has 0 aromatic heterocycles. The van der Waals surface area contributed by atoms with Gasteiger partial charge in [0.15, 0.2) is 6.04 Å². The zero-order valence-corrected chi connectivity index (χ0v) is 17.9. The zero-order valence-electron chi connectivity index (χ0n) is 17.9. The molecule has 0 saturated carbocycles. The highest BCUT2D eigenvalue weighted by molar-refractivity contribution is 5.83. The predicted octanol–water partition coefficient (Wildman–Crippen LogP) is 4.53. The van der Waals surface area contributed by atoms with Gasteiger partial charge in [-0.05, 0) is 18.1 Å². The molecule has 160 valence electrons. The van der Waals surface area contributed by atoms with Gasteiger partial charge < -0.3 is 14.2 Å². The van der Waals surface area contributed by atoms with Crippen LogP contribution in [0.2, 0.25) is 0 Å². The highest BCUT2D eigenvalue weighted by atomic mass is 16.6. The van der Waals surface area contributed by atoms with Crippen molar-refractivity contribution in [2.75, 3.05) is 0 Å². The normalized spacial score (nSPS) is 21.3. The van der Waals surface area contributed by atoms with Crippen molar-refractivity contribution in [3.63, 3.8) is 0 Å². The molecule has 0 bridgehead atoms. The molecule has 1 amide bonds. The second kappa shape index (κ2) is 9.30. The number of benzene rings is 2. The molecule has 3 rings (SSSR count). The molecule has 1 heterocycles. The first kappa shape index (κ1) is 21.8. The zero-order chi connectivity index (χ0) is 21.7. The van der Waals surface area contributed by atoms with Crippen molar-refractivity contribution in [1.29, 1.82) is 0 Å². The molecule has 0 aliphatic carbocycles. The predicted molar refractivity (Wildman–Crippen MR) is 112 cm³/mol. The van der Waals surface area contributed by atoms with Crippen molar-refractivity contribution < 1.29 is 23.8 Å². The van der Waals surface area contributed by atoms with Crippen LogP contribution in [0.3, 0.4) is 0 Å². The average molecular weight is 411 g/mol. The molecule has 1 aliphatic heterocycles. The van der Waals surface area contributed by atoms with E-state index in [2.05, 4.69) is 0 Å². The topological polar surface area (TPSA) is 65.1 Å². The maximum Gasteiger partial charge on any atom is 0.413 e. The summed E-state index contributed by atoms with van der Waals surface area (Å²) in [6.45, 7) is 7.90. The summed E-state index contributed by atoms with van der Waals surface area (Å²) in [4.78, 5) is 27.4. The van der Waals surface area contributed by atoms with Crippen molar-refractivity contribution in [1.82, 2.24) is 4.90 Å². The Balaban J connectivity index is 1.74. The lowest BCUT2D eigenvalue weighted by Gasteiger charge is -2.34. The molecule has 1 aliphatic rings. The summed E-state index contributed by atoms with van der Waals surface area (Å²) in [6.07, 6.45) is -1.71. The number of carbonyl (C=O) groups is 2. The Morgan fingerprint density at radius 3 is 1.90 bits per heavy atom. The SMILES string of the molecule is C[C@H]1O[C@H](C(C)(C)C)N(C(=O)OCc2ccccc2)[C@@H]1C(=O)OCc1ccccc1. The van der Waals surface area contributed by atoms with Gasteiger partial charge >= 0.3 is 12.1 Å². The summed E-state index contributed by atoms with van der Waals surface area (Å²) in [7, 11) is 0. The van der Waals surface area contributed by atoms with Gasteiger partial charge in [0.05, 0.1) is 6.10 Å². The average Bonchev–Trinajstić information content (AvgIpc) is 3.09. The minimum atomic E-state index is -0.874. The first-order valence-electron chi connectivity index (χ1n) is 10.1. The van der Waals surface area contributed by atoms with E-state index in [0.717, 1.165) is 11.1 Å². The van der Waals surface area contributed by atoms with Crippen molar-refractivity contribution >= 4 is 12.1 Å². The minimum absolute atomic E-state index is 0.118. The lowest BCUT2D eigenvalue weighted by atomic mass is 9.93. The fourth-order valence-corrected chi connectivity index (χ4v) is 3.46. The van der Waals surface area contributed by atoms with Crippen LogP contribution < -0.4 is 0 Å². The van der Waals surface area contributed by atoms with Gasteiger partial charge in [-0.3, -0.25) is 4.90 Å². The third-order valence-corrected chi connectivity index (χ3v) is 4.96. The molecule has 1 saturated heterocycles. The van der Waals surface area contributed by atoms with Crippen LogP contribution in [0.25, 0.3) is 0 Å². The van der Waals surface area contributed by atoms with Gasteiger partial charge in [0, 0.05) is 5.41 Å². The molecule has 1 fully saturated rings. The lowest BCUT2D eigenvalue weighted by molar-refractivity contribution is -0.151. The Kier molecular flexibility index (Phi) is 6.77. The molecule has 6 heteroatoms. The van der Waals surface area contributed by atoms with Crippen molar-refractivity contribution in [2.45, 2.75) is 59.3 Å². The monoisotopic (exact) mass is 411 g/mol. The number of rotatable bonds is 5. The molecular formula is C24H29NO5. The number of esters is 1. The summed E-state index contributed by atoms with van der Waals surface area (Å²) in [5, 5.41) is 0. The Morgan fingerprint density at radius 2 is 1.40 bits per heavy atom. The van der Waals surface area contributed by atoms with Gasteiger partial charge in [-0.15, -0.1) is 0 Å². The van der Waals surface area contributed by atoms with Gasteiger partial charge in [0.1, 0.15) is 19.4 Å². The fraction of sp³-hybridized carbons (Fsp3) is 0.417. The fourth-order valence-electron chi connectivity index (χ4n) is 3.46. The maximum atomic E-state index is 13.0. The minimum Gasteiger partial charge on any atom is -0.459 e. The molecule has 0 radical (unpaired) electrons. The van der Waals surface area contributed by atoms with Crippen LogP contribution >= 0.6 is 0 Å². The van der Waals surface area contributed by atoms with Crippen LogP contribution in [0.5, 0.6) is 0 Å². The molecule has 2 aromatic carbocycles. The van der Waals surface area contributed by atoms with E-state index in [1.807, 2.05) is 81.4 Å². The number of hydrogen-bond acceptors (Lipinski definition) is 5. The van der Waals surface area contributed by atoms with Crippen molar-refractivity contribution in [3.8, 4) is 0 Å². The van der Waals surface area contributed by atoms with E-state index in [-0.39, 0.29) is 13.2 Å². The van der Waals surface area contributed by atoms with Gasteiger partial charge in [0.2, 0.25) is 0 Å². The van der Waals surface area contributed by atoms with Crippen molar-refractivity contribution in [3.05, 3.63) is 71.8 Å². The van der Waals surface area contributed by atoms with Gasteiger partial charge in [0.25, 0.3) is 0 Å². The van der Waals surface area contributed by atoms with Gasteiger partial charge in [-0.1, -0.05) is 81.4 Å². The van der Waals surface area contributed by atoms with E-state index >= 15 is 0 Å². The molecule has 0 unspecified atom stereocenters. The Labute approximate surface area is 177 Å². The van der Waals surface area contributed by atoms with Crippen LogP contribution in [0, 0.1) is 5.41 Å². The quantitative estimate of drug-likeness (QED) is 0.677. The number of amides is 1. The molecule has 6 nitrogen and oxygen atoms in total. The van der Waals surface area contributed by atoms with Gasteiger partial charge in [-0.2, -0.15) is 0 Å². The Morgan fingerprint density at radius 1 is 0.900 bits per heavy atom. The number of carbonyl (C=O) groups excluding carboxylic acids is 2. The smallest absolute Gasteiger partial charge is 0.413 e. The molecular weight excluding hydrogens is 382 g/mol. The highest BCUT2D eigenvalue weighted by Gasteiger charge is 2.52. The second-order valence-corrected chi connectivity index (χ2v) is 8.55. The van der Waals surface area contributed by atoms with Crippen LogP contribution in [-0.2, 0) is 32.2 Å². The molecule has 3 atom stereocenters. The second-order valence-electron chi connectivity index (χ2n) is 8.55. The third kappa shape index (κ3) is 5.19. The van der Waals surface area contributed by atoms with Crippen molar-refractivity contribution in [2.24, 2.45) is 5.41 Å². The van der Waals surface area contributed by atoms with Gasteiger partial charge in [-0.25, -0.2) is 9.59 Å². The van der Waals surface area contributed by atoms with E-state index in [0.29, 0.717) is 0 Å². The number of hydrogen-bond donors (Lipinski definition) is 0. The van der Waals surface area contributed by atoms with Crippen LogP contribution in [0.15, 0.2) is 60.7 Å². The van der Waals surface area contributed by atoms with Crippen LogP contribution in [-0.4, -0.2) is 35.3 Å². The Bertz CT molecular complexity index is 847. The van der Waals surface area contributed by atoms with E-state index in [1.54, 1.807) is 6.92 Å².